The Morgan fingerprint density at radius 1 is 1.38 bits per heavy atom. The molecule has 1 aromatic rings. The normalized spacial score (nSPS) is 16.6. The first kappa shape index (κ1) is 11.0. The highest BCUT2D eigenvalue weighted by Crippen LogP contribution is 2.14. The van der Waals surface area contributed by atoms with Crippen molar-refractivity contribution in [3.63, 3.8) is 0 Å². The molecule has 1 fully saturated rings. The second-order valence-corrected chi connectivity index (χ2v) is 4.01. The molecule has 1 aliphatic rings. The van der Waals surface area contributed by atoms with Gasteiger partial charge in [-0.15, -0.1) is 0 Å². The molecular weight excluding hydrogens is 204 g/mol. The molecule has 0 N–H and O–H groups in total. The quantitative estimate of drug-likeness (QED) is 0.734. The molecule has 2 rings (SSSR count). The van der Waals surface area contributed by atoms with Crippen LogP contribution in [0.25, 0.3) is 0 Å². The van der Waals surface area contributed by atoms with Crippen LogP contribution in [0, 0.1) is 0 Å². The van der Waals surface area contributed by atoms with Gasteiger partial charge in [-0.3, -0.25) is 4.79 Å². The summed E-state index contributed by atoms with van der Waals surface area (Å²) in [6.45, 7) is 8.01. The number of nitrogens with zero attached hydrogens (tertiary/aromatic N) is 4. The number of carbonyl (C=O) groups is 1. The molecule has 0 atom stereocenters. The molecule has 0 spiro atoms. The molecule has 16 heavy (non-hydrogen) atoms. The third-order valence-electron chi connectivity index (χ3n) is 3.04. The molecule has 88 valence electrons. The number of aromatic nitrogens is 2. The summed E-state index contributed by atoms with van der Waals surface area (Å²) in [6.07, 6.45) is 3.82. The van der Waals surface area contributed by atoms with Gasteiger partial charge in [0.2, 0.25) is 11.9 Å². The Kier molecular flexibility index (Phi) is 3.12. The summed E-state index contributed by atoms with van der Waals surface area (Å²) < 4.78 is 2.13. The minimum Gasteiger partial charge on any atom is -0.339 e. The summed E-state index contributed by atoms with van der Waals surface area (Å²) in [5.74, 6) is 1.18. The average molecular weight is 222 g/mol. The highest BCUT2D eigenvalue weighted by molar-refractivity contribution is 5.73. The SMILES string of the molecule is CCn1ccnc1N1CCN(C(C)=O)CC1. The van der Waals surface area contributed by atoms with Crippen LogP contribution in [0.4, 0.5) is 5.95 Å². The maximum absolute atomic E-state index is 11.2. The molecule has 5 heteroatoms. The number of piperazine rings is 1. The number of rotatable bonds is 2. The van der Waals surface area contributed by atoms with E-state index in [1.165, 1.54) is 0 Å². The van der Waals surface area contributed by atoms with Gasteiger partial charge in [-0.1, -0.05) is 0 Å². The predicted molar refractivity (Wildman–Crippen MR) is 62.4 cm³/mol. The first-order chi connectivity index (χ1) is 7.72. The Morgan fingerprint density at radius 2 is 2.06 bits per heavy atom. The molecule has 1 saturated heterocycles. The van der Waals surface area contributed by atoms with E-state index in [2.05, 4.69) is 21.4 Å². The number of imidazole rings is 1. The van der Waals surface area contributed by atoms with E-state index in [1.54, 1.807) is 6.92 Å². The summed E-state index contributed by atoms with van der Waals surface area (Å²) >= 11 is 0. The molecule has 0 unspecified atom stereocenters. The van der Waals surface area contributed by atoms with Crippen molar-refractivity contribution in [2.24, 2.45) is 0 Å². The highest BCUT2D eigenvalue weighted by atomic mass is 16.2. The van der Waals surface area contributed by atoms with Gasteiger partial charge in [-0.25, -0.2) is 4.98 Å². The largest absolute Gasteiger partial charge is 0.339 e. The van der Waals surface area contributed by atoms with Gasteiger partial charge in [-0.2, -0.15) is 0 Å². The molecule has 0 radical (unpaired) electrons. The van der Waals surface area contributed by atoms with Crippen LogP contribution in [0.2, 0.25) is 0 Å². The number of amides is 1. The highest BCUT2D eigenvalue weighted by Gasteiger charge is 2.20. The van der Waals surface area contributed by atoms with Crippen molar-refractivity contribution in [3.05, 3.63) is 12.4 Å². The number of aryl methyl sites for hydroxylation is 1. The van der Waals surface area contributed by atoms with Crippen LogP contribution in [0.3, 0.4) is 0 Å². The topological polar surface area (TPSA) is 41.4 Å². The van der Waals surface area contributed by atoms with Crippen LogP contribution >= 0.6 is 0 Å². The van der Waals surface area contributed by atoms with Gasteiger partial charge in [0.25, 0.3) is 0 Å². The second kappa shape index (κ2) is 4.55. The molecule has 1 amide bonds. The monoisotopic (exact) mass is 222 g/mol. The number of carbonyl (C=O) groups excluding carboxylic acids is 1. The lowest BCUT2D eigenvalue weighted by atomic mass is 10.3. The van der Waals surface area contributed by atoms with Crippen molar-refractivity contribution in [1.29, 1.82) is 0 Å². The third kappa shape index (κ3) is 2.03. The maximum Gasteiger partial charge on any atom is 0.219 e. The smallest absolute Gasteiger partial charge is 0.219 e. The van der Waals surface area contributed by atoms with Crippen LogP contribution in [0.5, 0.6) is 0 Å². The number of anilines is 1. The molecule has 1 aliphatic heterocycles. The van der Waals surface area contributed by atoms with Crippen molar-refractivity contribution in [2.45, 2.75) is 20.4 Å². The lowest BCUT2D eigenvalue weighted by Crippen LogP contribution is -2.48. The van der Waals surface area contributed by atoms with E-state index < -0.39 is 0 Å². The number of hydrogen-bond donors (Lipinski definition) is 0. The molecule has 5 nitrogen and oxygen atoms in total. The van der Waals surface area contributed by atoms with Crippen LogP contribution in [0.15, 0.2) is 12.4 Å². The first-order valence-electron chi connectivity index (χ1n) is 5.74. The van der Waals surface area contributed by atoms with Crippen LogP contribution in [-0.4, -0.2) is 46.5 Å². The summed E-state index contributed by atoms with van der Waals surface area (Å²) in [7, 11) is 0. The maximum atomic E-state index is 11.2. The summed E-state index contributed by atoms with van der Waals surface area (Å²) in [5, 5.41) is 0. The Bertz CT molecular complexity index is 366. The fraction of sp³-hybridized carbons (Fsp3) is 0.636. The Morgan fingerprint density at radius 3 is 2.62 bits per heavy atom. The number of hydrogen-bond acceptors (Lipinski definition) is 3. The van der Waals surface area contributed by atoms with E-state index in [9.17, 15) is 4.79 Å². The molecule has 2 heterocycles. The molecule has 0 aromatic carbocycles. The van der Waals surface area contributed by atoms with Crippen LogP contribution in [-0.2, 0) is 11.3 Å². The third-order valence-corrected chi connectivity index (χ3v) is 3.04. The van der Waals surface area contributed by atoms with Gasteiger partial charge in [0, 0.05) is 52.0 Å². The minimum absolute atomic E-state index is 0.165. The van der Waals surface area contributed by atoms with Crippen molar-refractivity contribution in [3.8, 4) is 0 Å². The van der Waals surface area contributed by atoms with Gasteiger partial charge >= 0.3 is 0 Å². The van der Waals surface area contributed by atoms with Gasteiger partial charge in [0.15, 0.2) is 0 Å². The molecular formula is C11H18N4O. The van der Waals surface area contributed by atoms with Crippen LogP contribution in [0.1, 0.15) is 13.8 Å². The van der Waals surface area contributed by atoms with Gasteiger partial charge < -0.3 is 14.4 Å². The summed E-state index contributed by atoms with van der Waals surface area (Å²) in [5.41, 5.74) is 0. The zero-order chi connectivity index (χ0) is 11.5. The van der Waals surface area contributed by atoms with E-state index in [0.717, 1.165) is 38.7 Å². The molecule has 0 bridgehead atoms. The summed E-state index contributed by atoms with van der Waals surface area (Å²) in [4.78, 5) is 19.7. The molecule has 0 saturated carbocycles. The Balaban J connectivity index is 2.01. The van der Waals surface area contributed by atoms with Crippen molar-refractivity contribution in [2.75, 3.05) is 31.1 Å². The zero-order valence-corrected chi connectivity index (χ0v) is 9.89. The predicted octanol–water partition coefficient (Wildman–Crippen LogP) is 0.571. The Labute approximate surface area is 95.7 Å². The average Bonchev–Trinajstić information content (AvgIpc) is 2.77. The van der Waals surface area contributed by atoms with Crippen molar-refractivity contribution in [1.82, 2.24) is 14.5 Å². The Hall–Kier alpha value is -1.52. The van der Waals surface area contributed by atoms with E-state index in [-0.39, 0.29) is 5.91 Å². The van der Waals surface area contributed by atoms with Crippen molar-refractivity contribution >= 4 is 11.9 Å². The first-order valence-corrected chi connectivity index (χ1v) is 5.74. The molecule has 0 aliphatic carbocycles. The van der Waals surface area contributed by atoms with Crippen molar-refractivity contribution < 1.29 is 4.79 Å². The lowest BCUT2D eigenvalue weighted by Gasteiger charge is -2.34. The van der Waals surface area contributed by atoms with E-state index >= 15 is 0 Å². The second-order valence-electron chi connectivity index (χ2n) is 4.01. The van der Waals surface area contributed by atoms with Gasteiger partial charge in [0.1, 0.15) is 0 Å². The fourth-order valence-corrected chi connectivity index (χ4v) is 2.05. The minimum atomic E-state index is 0.165. The van der Waals surface area contributed by atoms with E-state index in [4.69, 9.17) is 0 Å². The summed E-state index contributed by atoms with van der Waals surface area (Å²) in [6, 6.07) is 0. The lowest BCUT2D eigenvalue weighted by molar-refractivity contribution is -0.129. The molecule has 1 aromatic heterocycles. The van der Waals surface area contributed by atoms with Gasteiger partial charge in [0.05, 0.1) is 0 Å². The van der Waals surface area contributed by atoms with E-state index in [0.29, 0.717) is 0 Å². The fourth-order valence-electron chi connectivity index (χ4n) is 2.05. The van der Waals surface area contributed by atoms with E-state index in [1.807, 2.05) is 17.3 Å². The standard InChI is InChI=1S/C11H18N4O/c1-3-13-5-4-12-11(13)15-8-6-14(7-9-15)10(2)16/h4-5H,3,6-9H2,1-2H3. The van der Waals surface area contributed by atoms with Gasteiger partial charge in [-0.05, 0) is 6.92 Å². The zero-order valence-electron chi connectivity index (χ0n) is 9.89. The van der Waals surface area contributed by atoms with Crippen LogP contribution < -0.4 is 4.90 Å².